The molecule has 17 heavy (non-hydrogen) atoms. The fourth-order valence-electron chi connectivity index (χ4n) is 1.21. The first kappa shape index (κ1) is 14.4. The molecule has 1 rings (SSSR count). The van der Waals surface area contributed by atoms with Gasteiger partial charge >= 0.3 is 0 Å². The van der Waals surface area contributed by atoms with Gasteiger partial charge in [-0.1, -0.05) is 37.6 Å². The topological polar surface area (TPSA) is 29.1 Å². The van der Waals surface area contributed by atoms with Crippen LogP contribution in [0.5, 0.6) is 0 Å². The van der Waals surface area contributed by atoms with E-state index >= 15 is 0 Å². The van der Waals surface area contributed by atoms with Crippen molar-refractivity contribution in [3.05, 3.63) is 34.9 Å². The van der Waals surface area contributed by atoms with Gasteiger partial charge in [-0.3, -0.25) is 4.79 Å². The number of nitrogens with one attached hydrogen (secondary N) is 1. The lowest BCUT2D eigenvalue weighted by atomic mass is 10.2. The summed E-state index contributed by atoms with van der Waals surface area (Å²) in [6, 6.07) is 7.72. The van der Waals surface area contributed by atoms with Crippen LogP contribution in [0.25, 0.3) is 0 Å². The SMILES string of the molecule is CC(C)CNC(=O)CSCc1ccc(Cl)cc1. The summed E-state index contributed by atoms with van der Waals surface area (Å²) in [5.41, 5.74) is 1.19. The number of hydrogen-bond donors (Lipinski definition) is 1. The van der Waals surface area contributed by atoms with Crippen molar-refractivity contribution < 1.29 is 4.79 Å². The van der Waals surface area contributed by atoms with E-state index in [-0.39, 0.29) is 5.91 Å². The van der Waals surface area contributed by atoms with E-state index < -0.39 is 0 Å². The minimum atomic E-state index is 0.109. The summed E-state index contributed by atoms with van der Waals surface area (Å²) < 4.78 is 0. The van der Waals surface area contributed by atoms with Gasteiger partial charge < -0.3 is 5.32 Å². The summed E-state index contributed by atoms with van der Waals surface area (Å²) in [4.78, 5) is 11.4. The van der Waals surface area contributed by atoms with Gasteiger partial charge in [-0.25, -0.2) is 0 Å². The van der Waals surface area contributed by atoms with Crippen LogP contribution in [0.4, 0.5) is 0 Å². The maximum atomic E-state index is 11.4. The molecule has 0 saturated carbocycles. The van der Waals surface area contributed by atoms with Crippen LogP contribution in [-0.2, 0) is 10.5 Å². The molecular formula is C13H18ClNOS. The third-order valence-corrected chi connectivity index (χ3v) is 3.38. The third kappa shape index (κ3) is 6.59. The maximum absolute atomic E-state index is 11.4. The van der Waals surface area contributed by atoms with Crippen molar-refractivity contribution in [2.24, 2.45) is 5.92 Å². The zero-order valence-corrected chi connectivity index (χ0v) is 11.8. The zero-order chi connectivity index (χ0) is 12.7. The predicted octanol–water partition coefficient (Wildman–Crippen LogP) is 3.35. The van der Waals surface area contributed by atoms with Crippen molar-refractivity contribution in [2.75, 3.05) is 12.3 Å². The van der Waals surface area contributed by atoms with Crippen molar-refractivity contribution in [2.45, 2.75) is 19.6 Å². The Morgan fingerprint density at radius 3 is 2.59 bits per heavy atom. The first-order valence-corrected chi connectivity index (χ1v) is 7.20. The van der Waals surface area contributed by atoms with Gasteiger partial charge in [0.1, 0.15) is 0 Å². The molecule has 0 saturated heterocycles. The van der Waals surface area contributed by atoms with Gasteiger partial charge in [0.25, 0.3) is 0 Å². The van der Waals surface area contributed by atoms with Crippen molar-refractivity contribution in [1.29, 1.82) is 0 Å². The molecule has 1 amide bonds. The van der Waals surface area contributed by atoms with E-state index in [0.29, 0.717) is 11.7 Å². The van der Waals surface area contributed by atoms with Gasteiger partial charge in [0.15, 0.2) is 0 Å². The standard InChI is InChI=1S/C13H18ClNOS/c1-10(2)7-15-13(16)9-17-8-11-3-5-12(14)6-4-11/h3-6,10H,7-9H2,1-2H3,(H,15,16). The van der Waals surface area contributed by atoms with Crippen LogP contribution in [0.3, 0.4) is 0 Å². The number of thioether (sulfide) groups is 1. The van der Waals surface area contributed by atoms with E-state index in [4.69, 9.17) is 11.6 Å². The Morgan fingerprint density at radius 1 is 1.35 bits per heavy atom. The van der Waals surface area contributed by atoms with Crippen molar-refractivity contribution in [1.82, 2.24) is 5.32 Å². The summed E-state index contributed by atoms with van der Waals surface area (Å²) in [5, 5.41) is 3.64. The molecule has 0 heterocycles. The molecule has 0 aliphatic rings. The Bertz CT molecular complexity index is 351. The first-order valence-electron chi connectivity index (χ1n) is 5.67. The van der Waals surface area contributed by atoms with Crippen LogP contribution in [0.2, 0.25) is 5.02 Å². The van der Waals surface area contributed by atoms with E-state index in [9.17, 15) is 4.79 Å². The molecule has 1 N–H and O–H groups in total. The maximum Gasteiger partial charge on any atom is 0.230 e. The highest BCUT2D eigenvalue weighted by atomic mass is 35.5. The molecule has 0 radical (unpaired) electrons. The number of hydrogen-bond acceptors (Lipinski definition) is 2. The predicted molar refractivity (Wildman–Crippen MR) is 75.5 cm³/mol. The average Bonchev–Trinajstić information content (AvgIpc) is 2.29. The Balaban J connectivity index is 2.19. The highest BCUT2D eigenvalue weighted by Gasteiger charge is 2.02. The van der Waals surface area contributed by atoms with Gasteiger partial charge in [-0.05, 0) is 23.6 Å². The zero-order valence-electron chi connectivity index (χ0n) is 10.2. The highest BCUT2D eigenvalue weighted by Crippen LogP contribution is 2.15. The minimum absolute atomic E-state index is 0.109. The number of carbonyl (C=O) groups is 1. The summed E-state index contributed by atoms with van der Waals surface area (Å²) in [7, 11) is 0. The molecule has 0 aliphatic carbocycles. The summed E-state index contributed by atoms with van der Waals surface area (Å²) in [6.07, 6.45) is 0. The summed E-state index contributed by atoms with van der Waals surface area (Å²) in [6.45, 7) is 4.92. The van der Waals surface area contributed by atoms with E-state index in [0.717, 1.165) is 17.3 Å². The van der Waals surface area contributed by atoms with E-state index in [1.807, 2.05) is 24.3 Å². The second-order valence-corrected chi connectivity index (χ2v) is 5.74. The lowest BCUT2D eigenvalue weighted by Gasteiger charge is -2.07. The molecule has 0 unspecified atom stereocenters. The monoisotopic (exact) mass is 271 g/mol. The van der Waals surface area contributed by atoms with Crippen molar-refractivity contribution >= 4 is 29.3 Å². The molecule has 1 aromatic rings. The Morgan fingerprint density at radius 2 is 2.00 bits per heavy atom. The van der Waals surface area contributed by atoms with Crippen LogP contribution in [0, 0.1) is 5.92 Å². The quantitative estimate of drug-likeness (QED) is 0.860. The minimum Gasteiger partial charge on any atom is -0.355 e. The number of rotatable bonds is 6. The smallest absolute Gasteiger partial charge is 0.230 e. The molecule has 0 spiro atoms. The van der Waals surface area contributed by atoms with Gasteiger partial charge in [-0.2, -0.15) is 0 Å². The average molecular weight is 272 g/mol. The molecule has 0 fully saturated rings. The molecule has 4 heteroatoms. The van der Waals surface area contributed by atoms with Crippen LogP contribution in [-0.4, -0.2) is 18.2 Å². The molecule has 1 aromatic carbocycles. The lowest BCUT2D eigenvalue weighted by Crippen LogP contribution is -2.28. The summed E-state index contributed by atoms with van der Waals surface area (Å²) >= 11 is 7.41. The number of benzene rings is 1. The van der Waals surface area contributed by atoms with Gasteiger partial charge in [0, 0.05) is 17.3 Å². The summed E-state index contributed by atoms with van der Waals surface area (Å²) in [5.74, 6) is 1.96. The van der Waals surface area contributed by atoms with E-state index in [1.165, 1.54) is 5.56 Å². The normalized spacial score (nSPS) is 10.6. The second kappa shape index (κ2) is 7.62. The van der Waals surface area contributed by atoms with Crippen LogP contribution in [0.15, 0.2) is 24.3 Å². The largest absolute Gasteiger partial charge is 0.355 e. The van der Waals surface area contributed by atoms with Crippen LogP contribution < -0.4 is 5.32 Å². The second-order valence-electron chi connectivity index (χ2n) is 4.32. The van der Waals surface area contributed by atoms with Crippen molar-refractivity contribution in [3.63, 3.8) is 0 Å². The van der Waals surface area contributed by atoms with Gasteiger partial charge in [0.2, 0.25) is 5.91 Å². The third-order valence-electron chi connectivity index (χ3n) is 2.12. The first-order chi connectivity index (χ1) is 8.08. The number of carbonyl (C=O) groups excluding carboxylic acids is 1. The Kier molecular flexibility index (Phi) is 6.45. The molecular weight excluding hydrogens is 254 g/mol. The molecule has 0 bridgehead atoms. The van der Waals surface area contributed by atoms with Crippen LogP contribution >= 0.6 is 23.4 Å². The van der Waals surface area contributed by atoms with Crippen molar-refractivity contribution in [3.8, 4) is 0 Å². The molecule has 94 valence electrons. The molecule has 0 aliphatic heterocycles. The molecule has 0 aromatic heterocycles. The Labute approximate surface area is 112 Å². The lowest BCUT2D eigenvalue weighted by molar-refractivity contribution is -0.118. The highest BCUT2D eigenvalue weighted by molar-refractivity contribution is 7.99. The van der Waals surface area contributed by atoms with Gasteiger partial charge in [-0.15, -0.1) is 11.8 Å². The van der Waals surface area contributed by atoms with Gasteiger partial charge in [0.05, 0.1) is 5.75 Å². The van der Waals surface area contributed by atoms with E-state index in [2.05, 4.69) is 19.2 Å². The molecule has 2 nitrogen and oxygen atoms in total. The Hall–Kier alpha value is -0.670. The number of amides is 1. The fourth-order valence-corrected chi connectivity index (χ4v) is 2.15. The fraction of sp³-hybridized carbons (Fsp3) is 0.462. The number of halogens is 1. The van der Waals surface area contributed by atoms with E-state index in [1.54, 1.807) is 11.8 Å². The van der Waals surface area contributed by atoms with Crippen LogP contribution in [0.1, 0.15) is 19.4 Å². The molecule has 0 atom stereocenters.